The van der Waals surface area contributed by atoms with Gasteiger partial charge in [-0.2, -0.15) is 0 Å². The van der Waals surface area contributed by atoms with Gasteiger partial charge in [-0.1, -0.05) is 35.6 Å². The number of halogens is 1. The predicted octanol–water partition coefficient (Wildman–Crippen LogP) is 5.36. The van der Waals surface area contributed by atoms with Crippen LogP contribution in [0.1, 0.15) is 74.4 Å². The molecule has 0 radical (unpaired) electrons. The second-order valence-electron chi connectivity index (χ2n) is 11.5. The third-order valence-corrected chi connectivity index (χ3v) is 9.99. The van der Waals surface area contributed by atoms with E-state index in [0.717, 1.165) is 33.2 Å². The van der Waals surface area contributed by atoms with Crippen LogP contribution in [-0.4, -0.2) is 70.1 Å². The molecule has 1 saturated heterocycles. The molecule has 0 bridgehead atoms. The number of methoxy groups -OCH3 is 1. The standard InChI is InChI=1S/C35H35ClN6O4S/c1-20-21(2)47-34-31(20)32(23-7-9-25(36)10-8-23)38-29(33-40-39-22(3)42(33)34)19-30(43)41-16-13-26(14-17-41)46-27-11-12-28(35(44)45-4)24(18-27)6-5-15-37/h7-12,18,26,29H,13-17,19,37H2,1-4H3/t29-/m0/s1. The van der Waals surface area contributed by atoms with Crippen LogP contribution in [0.3, 0.4) is 0 Å². The summed E-state index contributed by atoms with van der Waals surface area (Å²) >= 11 is 7.92. The lowest BCUT2D eigenvalue weighted by molar-refractivity contribution is -0.133. The Morgan fingerprint density at radius 1 is 1.09 bits per heavy atom. The normalized spacial score (nSPS) is 15.9. The predicted molar refractivity (Wildman–Crippen MR) is 182 cm³/mol. The number of fused-ring (bicyclic) bond motifs is 3. The van der Waals surface area contributed by atoms with Gasteiger partial charge in [-0.15, -0.1) is 21.5 Å². The number of likely N-dealkylation sites (tertiary alicyclic amines) is 1. The highest BCUT2D eigenvalue weighted by Gasteiger charge is 2.34. The van der Waals surface area contributed by atoms with Crippen LogP contribution in [0.4, 0.5) is 0 Å². The van der Waals surface area contributed by atoms with Gasteiger partial charge in [0.15, 0.2) is 5.82 Å². The monoisotopic (exact) mass is 670 g/mol. The summed E-state index contributed by atoms with van der Waals surface area (Å²) in [5.41, 5.74) is 10.3. The number of nitrogens with two attached hydrogens (primary N) is 1. The smallest absolute Gasteiger partial charge is 0.339 e. The summed E-state index contributed by atoms with van der Waals surface area (Å²) in [6, 6.07) is 12.2. The molecule has 0 unspecified atom stereocenters. The topological polar surface area (TPSA) is 125 Å². The van der Waals surface area contributed by atoms with Crippen molar-refractivity contribution in [3.63, 3.8) is 0 Å². The lowest BCUT2D eigenvalue weighted by atomic mass is 9.99. The van der Waals surface area contributed by atoms with E-state index in [1.807, 2.05) is 36.1 Å². The molecule has 1 amide bonds. The molecule has 0 aliphatic carbocycles. The van der Waals surface area contributed by atoms with Gasteiger partial charge >= 0.3 is 5.97 Å². The number of piperidine rings is 1. The van der Waals surface area contributed by atoms with E-state index in [2.05, 4.69) is 40.5 Å². The molecule has 2 aliphatic heterocycles. The number of nitrogens with zero attached hydrogens (tertiary/aromatic N) is 5. The minimum atomic E-state index is -0.524. The summed E-state index contributed by atoms with van der Waals surface area (Å²) in [4.78, 5) is 34.3. The van der Waals surface area contributed by atoms with Crippen LogP contribution in [0, 0.1) is 32.6 Å². The number of aromatic nitrogens is 3. The highest BCUT2D eigenvalue weighted by atomic mass is 35.5. The molecule has 47 heavy (non-hydrogen) atoms. The Kier molecular flexibility index (Phi) is 9.45. The summed E-state index contributed by atoms with van der Waals surface area (Å²) in [6.45, 7) is 7.39. The van der Waals surface area contributed by atoms with E-state index in [4.69, 9.17) is 31.8 Å². The van der Waals surface area contributed by atoms with Gasteiger partial charge in [-0.05, 0) is 56.7 Å². The maximum atomic E-state index is 13.8. The van der Waals surface area contributed by atoms with Crippen LogP contribution in [0.15, 0.2) is 47.5 Å². The number of esters is 1. The minimum absolute atomic E-state index is 0.000192. The first-order valence-electron chi connectivity index (χ1n) is 15.4. The lowest BCUT2D eigenvalue weighted by Gasteiger charge is -2.32. The Labute approximate surface area is 282 Å². The van der Waals surface area contributed by atoms with Gasteiger partial charge in [0.2, 0.25) is 5.91 Å². The van der Waals surface area contributed by atoms with Crippen LogP contribution in [0.5, 0.6) is 5.75 Å². The number of amides is 1. The molecule has 0 spiro atoms. The molecule has 12 heteroatoms. The molecular formula is C35H35ClN6O4S. The average Bonchev–Trinajstić information content (AvgIpc) is 3.55. The number of benzene rings is 2. The van der Waals surface area contributed by atoms with Gasteiger partial charge in [0.1, 0.15) is 28.7 Å². The molecule has 0 saturated carbocycles. The second-order valence-corrected chi connectivity index (χ2v) is 13.2. The van der Waals surface area contributed by atoms with Crippen LogP contribution in [-0.2, 0) is 9.53 Å². The van der Waals surface area contributed by atoms with Crippen molar-refractivity contribution in [1.29, 1.82) is 0 Å². The Morgan fingerprint density at radius 3 is 2.53 bits per heavy atom. The van der Waals surface area contributed by atoms with Crippen molar-refractivity contribution in [3.05, 3.63) is 91.8 Å². The van der Waals surface area contributed by atoms with Crippen molar-refractivity contribution < 1.29 is 19.1 Å². The molecule has 2 N–H and O–H groups in total. The molecule has 4 heterocycles. The Bertz CT molecular complexity index is 1930. The quantitative estimate of drug-likeness (QED) is 0.216. The number of aryl methyl sites for hydroxylation is 2. The number of carbonyl (C=O) groups is 2. The van der Waals surface area contributed by atoms with E-state index in [9.17, 15) is 9.59 Å². The number of carbonyl (C=O) groups excluding carboxylic acids is 2. The summed E-state index contributed by atoms with van der Waals surface area (Å²) in [6.07, 6.45) is 1.37. The zero-order chi connectivity index (χ0) is 33.2. The molecule has 2 aromatic heterocycles. The number of ether oxygens (including phenoxy) is 2. The maximum absolute atomic E-state index is 13.8. The van der Waals surface area contributed by atoms with Crippen molar-refractivity contribution in [2.45, 2.75) is 52.2 Å². The summed E-state index contributed by atoms with van der Waals surface area (Å²) in [7, 11) is 1.33. The van der Waals surface area contributed by atoms with Crippen molar-refractivity contribution in [2.24, 2.45) is 10.7 Å². The summed E-state index contributed by atoms with van der Waals surface area (Å²) in [5, 5.41) is 10.6. The fourth-order valence-electron chi connectivity index (χ4n) is 5.98. The van der Waals surface area contributed by atoms with Crippen LogP contribution in [0.2, 0.25) is 5.02 Å². The van der Waals surface area contributed by atoms with E-state index >= 15 is 0 Å². The third-order valence-electron chi connectivity index (χ3n) is 8.54. The van der Waals surface area contributed by atoms with E-state index < -0.39 is 12.0 Å². The van der Waals surface area contributed by atoms with Gasteiger partial charge in [-0.3, -0.25) is 14.4 Å². The molecule has 1 atom stereocenters. The molecule has 2 aromatic carbocycles. The van der Waals surface area contributed by atoms with Gasteiger partial charge < -0.3 is 20.1 Å². The first kappa shape index (κ1) is 32.4. The van der Waals surface area contributed by atoms with Crippen molar-refractivity contribution >= 4 is 40.5 Å². The number of hydrogen-bond donors (Lipinski definition) is 1. The highest BCUT2D eigenvalue weighted by molar-refractivity contribution is 7.15. The highest BCUT2D eigenvalue weighted by Crippen LogP contribution is 2.40. The van der Waals surface area contributed by atoms with Crippen molar-refractivity contribution in [1.82, 2.24) is 19.7 Å². The average molecular weight is 671 g/mol. The van der Waals surface area contributed by atoms with Crippen LogP contribution < -0.4 is 10.5 Å². The van der Waals surface area contributed by atoms with Crippen LogP contribution in [0.25, 0.3) is 5.00 Å². The molecule has 10 nitrogen and oxygen atoms in total. The second kappa shape index (κ2) is 13.7. The Balaban J connectivity index is 1.20. The van der Waals surface area contributed by atoms with Gasteiger partial charge in [0.05, 0.1) is 31.4 Å². The number of aliphatic imine (C=N–C) groups is 1. The molecule has 242 valence electrons. The fourth-order valence-corrected chi connectivity index (χ4v) is 7.32. The zero-order valence-corrected chi connectivity index (χ0v) is 28.2. The van der Waals surface area contributed by atoms with Crippen LogP contribution >= 0.6 is 22.9 Å². The summed E-state index contributed by atoms with van der Waals surface area (Å²) < 4.78 is 13.2. The van der Waals surface area contributed by atoms with E-state index in [1.165, 1.54) is 12.0 Å². The third kappa shape index (κ3) is 6.54. The lowest BCUT2D eigenvalue weighted by Crippen LogP contribution is -2.42. The van der Waals surface area contributed by atoms with Crippen molar-refractivity contribution in [3.8, 4) is 22.6 Å². The molecule has 2 aliphatic rings. The SMILES string of the molecule is COC(=O)c1ccc(OC2CCN(C(=O)C[C@@H]3N=C(c4ccc(Cl)cc4)c4c(sc(C)c4C)-n4c(C)nnc43)CC2)cc1C#CCN. The van der Waals surface area contributed by atoms with Gasteiger partial charge in [0, 0.05) is 52.5 Å². The Hall–Kier alpha value is -4.50. The molecule has 4 aromatic rings. The molecule has 1 fully saturated rings. The Morgan fingerprint density at radius 2 is 1.83 bits per heavy atom. The number of hydrogen-bond acceptors (Lipinski definition) is 9. The molecule has 6 rings (SSSR count). The van der Waals surface area contributed by atoms with Crippen molar-refractivity contribution in [2.75, 3.05) is 26.7 Å². The summed E-state index contributed by atoms with van der Waals surface area (Å²) in [5.74, 6) is 7.25. The number of rotatable bonds is 6. The fraction of sp³-hybridized carbons (Fsp3) is 0.343. The maximum Gasteiger partial charge on any atom is 0.339 e. The first-order chi connectivity index (χ1) is 22.7. The van der Waals surface area contributed by atoms with Gasteiger partial charge in [0.25, 0.3) is 0 Å². The van der Waals surface area contributed by atoms with E-state index in [0.29, 0.717) is 53.7 Å². The zero-order valence-electron chi connectivity index (χ0n) is 26.7. The molecular weight excluding hydrogens is 636 g/mol. The largest absolute Gasteiger partial charge is 0.490 e. The number of thiophene rings is 1. The first-order valence-corrected chi connectivity index (χ1v) is 16.6. The minimum Gasteiger partial charge on any atom is -0.490 e. The van der Waals surface area contributed by atoms with E-state index in [1.54, 1.807) is 29.5 Å². The van der Waals surface area contributed by atoms with Gasteiger partial charge in [-0.25, -0.2) is 4.79 Å². The van der Waals surface area contributed by atoms with E-state index in [-0.39, 0.29) is 25.0 Å².